The lowest BCUT2D eigenvalue weighted by Crippen LogP contribution is -2.38. The van der Waals surface area contributed by atoms with Crippen LogP contribution in [0, 0.1) is 0 Å². The summed E-state index contributed by atoms with van der Waals surface area (Å²) in [6, 6.07) is 10.4. The van der Waals surface area contributed by atoms with Gasteiger partial charge >= 0.3 is 0 Å². The van der Waals surface area contributed by atoms with Crippen LogP contribution in [0.1, 0.15) is 11.3 Å². The first-order valence-corrected chi connectivity index (χ1v) is 8.27. The summed E-state index contributed by atoms with van der Waals surface area (Å²) >= 11 is 6.05. The van der Waals surface area contributed by atoms with Crippen LogP contribution in [0.2, 0.25) is 5.02 Å². The highest BCUT2D eigenvalue weighted by atomic mass is 127. The number of hydrogen-bond donors (Lipinski definition) is 1. The molecule has 0 radical (unpaired) electrons. The molecule has 0 saturated heterocycles. The molecule has 138 valence electrons. The van der Waals surface area contributed by atoms with Gasteiger partial charge in [0.25, 0.3) is 0 Å². The fourth-order valence-electron chi connectivity index (χ4n) is 2.55. The van der Waals surface area contributed by atoms with Crippen molar-refractivity contribution in [2.24, 2.45) is 12.0 Å². The van der Waals surface area contributed by atoms with E-state index in [2.05, 4.69) is 44.4 Å². The topological polar surface area (TPSA) is 35.8 Å². The van der Waals surface area contributed by atoms with Gasteiger partial charge in [0.05, 0.1) is 11.6 Å². The summed E-state index contributed by atoms with van der Waals surface area (Å²) in [6.45, 7) is 1.47. The first-order valence-electron chi connectivity index (χ1n) is 7.89. The molecule has 0 amide bonds. The van der Waals surface area contributed by atoms with Crippen molar-refractivity contribution in [3.8, 4) is 0 Å². The molecule has 0 bridgehead atoms. The van der Waals surface area contributed by atoms with Gasteiger partial charge in [0, 0.05) is 59.4 Å². The van der Waals surface area contributed by atoms with Crippen molar-refractivity contribution >= 4 is 47.2 Å². The number of rotatable bonds is 5. The average molecular weight is 476 g/mol. The minimum absolute atomic E-state index is 0. The Kier molecular flexibility index (Phi) is 8.58. The zero-order chi connectivity index (χ0) is 17.7. The molecule has 1 N–H and O–H groups in total. The molecule has 0 aliphatic carbocycles. The van der Waals surface area contributed by atoms with Gasteiger partial charge in [-0.25, -0.2) is 0 Å². The second-order valence-electron chi connectivity index (χ2n) is 6.08. The summed E-state index contributed by atoms with van der Waals surface area (Å²) < 4.78 is 2.03. The zero-order valence-electron chi connectivity index (χ0n) is 15.5. The Morgan fingerprint density at radius 3 is 2.52 bits per heavy atom. The van der Waals surface area contributed by atoms with E-state index < -0.39 is 0 Å². The largest absolute Gasteiger partial charge is 0.378 e. The third-order valence-corrected chi connectivity index (χ3v) is 4.13. The molecular weight excluding hydrogens is 449 g/mol. The highest BCUT2D eigenvalue weighted by molar-refractivity contribution is 14.0. The Hall–Kier alpha value is -1.41. The van der Waals surface area contributed by atoms with Crippen molar-refractivity contribution in [3.63, 3.8) is 0 Å². The molecule has 1 aromatic heterocycles. The number of anilines is 1. The van der Waals surface area contributed by atoms with E-state index in [0.717, 1.165) is 29.8 Å². The third-order valence-electron chi connectivity index (χ3n) is 3.92. The minimum atomic E-state index is 0. The number of guanidine groups is 1. The molecule has 1 heterocycles. The lowest BCUT2D eigenvalue weighted by Gasteiger charge is -2.22. The van der Waals surface area contributed by atoms with Crippen LogP contribution in [0.3, 0.4) is 0 Å². The fraction of sp³-hybridized carbons (Fsp3) is 0.389. The second kappa shape index (κ2) is 9.91. The predicted octanol–water partition coefficient (Wildman–Crippen LogP) is 3.57. The molecule has 0 spiro atoms. The molecule has 25 heavy (non-hydrogen) atoms. The van der Waals surface area contributed by atoms with Gasteiger partial charge in [-0.3, -0.25) is 4.99 Å². The van der Waals surface area contributed by atoms with Crippen molar-refractivity contribution < 1.29 is 0 Å². The molecule has 0 unspecified atom stereocenters. The maximum atomic E-state index is 6.05. The van der Waals surface area contributed by atoms with Gasteiger partial charge in [0.1, 0.15) is 0 Å². The summed E-state index contributed by atoms with van der Waals surface area (Å²) in [5.74, 6) is 0.850. The lowest BCUT2D eigenvalue weighted by atomic mass is 10.2. The van der Waals surface area contributed by atoms with E-state index >= 15 is 0 Å². The van der Waals surface area contributed by atoms with E-state index in [9.17, 15) is 0 Å². The number of aromatic nitrogens is 1. The quantitative estimate of drug-likeness (QED) is 0.408. The first kappa shape index (κ1) is 21.6. The van der Waals surface area contributed by atoms with Crippen molar-refractivity contribution in [2.75, 3.05) is 33.1 Å². The Morgan fingerprint density at radius 2 is 1.96 bits per heavy atom. The summed E-state index contributed by atoms with van der Waals surface area (Å²) in [7, 11) is 9.91. The van der Waals surface area contributed by atoms with Gasteiger partial charge in [-0.15, -0.1) is 24.0 Å². The number of nitrogens with zero attached hydrogens (tertiary/aromatic N) is 4. The maximum Gasteiger partial charge on any atom is 0.194 e. The van der Waals surface area contributed by atoms with E-state index in [1.807, 2.05) is 45.0 Å². The van der Waals surface area contributed by atoms with E-state index in [-0.39, 0.29) is 24.0 Å². The van der Waals surface area contributed by atoms with Gasteiger partial charge in [0.15, 0.2) is 5.96 Å². The number of nitrogens with one attached hydrogen (secondary N) is 1. The fourth-order valence-corrected chi connectivity index (χ4v) is 2.82. The second-order valence-corrected chi connectivity index (χ2v) is 6.52. The van der Waals surface area contributed by atoms with E-state index in [0.29, 0.717) is 0 Å². The molecule has 0 aliphatic rings. The smallest absolute Gasteiger partial charge is 0.194 e. The average Bonchev–Trinajstić information content (AvgIpc) is 2.85. The molecule has 1 aromatic carbocycles. The Balaban J connectivity index is 0.00000312. The molecule has 2 aromatic rings. The molecule has 0 saturated carbocycles. The van der Waals surface area contributed by atoms with Gasteiger partial charge in [-0.05, 0) is 23.8 Å². The van der Waals surface area contributed by atoms with Crippen molar-refractivity contribution in [1.82, 2.24) is 14.8 Å². The number of hydrogen-bond acceptors (Lipinski definition) is 2. The van der Waals surface area contributed by atoms with Gasteiger partial charge < -0.3 is 19.7 Å². The zero-order valence-corrected chi connectivity index (χ0v) is 18.5. The third kappa shape index (κ3) is 6.11. The monoisotopic (exact) mass is 475 g/mol. The summed E-state index contributed by atoms with van der Waals surface area (Å²) in [6.07, 6.45) is 1.91. The predicted molar refractivity (Wildman–Crippen MR) is 118 cm³/mol. The first-order chi connectivity index (χ1) is 11.4. The Labute approximate surface area is 172 Å². The molecular formula is C18H27ClIN5. The van der Waals surface area contributed by atoms with Crippen LogP contribution in [0.5, 0.6) is 0 Å². The molecule has 0 fully saturated rings. The maximum absolute atomic E-state index is 6.05. The van der Waals surface area contributed by atoms with E-state index in [1.165, 1.54) is 11.3 Å². The summed E-state index contributed by atoms with van der Waals surface area (Å²) in [5, 5.41) is 4.17. The van der Waals surface area contributed by atoms with Crippen LogP contribution in [-0.2, 0) is 20.1 Å². The van der Waals surface area contributed by atoms with Crippen LogP contribution >= 0.6 is 35.6 Å². The number of halogens is 2. The highest BCUT2D eigenvalue weighted by Crippen LogP contribution is 2.15. The van der Waals surface area contributed by atoms with Crippen molar-refractivity contribution in [1.29, 1.82) is 0 Å². The minimum Gasteiger partial charge on any atom is -0.378 e. The summed E-state index contributed by atoms with van der Waals surface area (Å²) in [4.78, 5) is 8.56. The number of aliphatic imine (C=N–C) groups is 1. The van der Waals surface area contributed by atoms with Crippen molar-refractivity contribution in [3.05, 3.63) is 52.8 Å². The number of benzene rings is 1. The highest BCUT2D eigenvalue weighted by Gasteiger charge is 2.10. The van der Waals surface area contributed by atoms with Crippen molar-refractivity contribution in [2.45, 2.75) is 13.1 Å². The molecule has 2 rings (SSSR count). The normalized spacial score (nSPS) is 11.0. The standard InChI is InChI=1S/C18H26ClN5.HI/c1-20-18(24(5)13-17-10-15(19)12-23(17)4)21-11-14-7-6-8-16(9-14)22(2)3;/h6-10,12H,11,13H2,1-5H3,(H,20,21);1H. The molecule has 7 heteroatoms. The Morgan fingerprint density at radius 1 is 1.24 bits per heavy atom. The SMILES string of the molecule is CN=C(NCc1cccc(N(C)C)c1)N(C)Cc1cc(Cl)cn1C.I. The molecule has 0 aliphatic heterocycles. The van der Waals surface area contributed by atoms with Crippen LogP contribution in [0.25, 0.3) is 0 Å². The van der Waals surface area contributed by atoms with E-state index in [1.54, 1.807) is 7.05 Å². The Bertz CT molecular complexity index is 711. The van der Waals surface area contributed by atoms with Crippen LogP contribution in [0.15, 0.2) is 41.5 Å². The van der Waals surface area contributed by atoms with Gasteiger partial charge in [-0.1, -0.05) is 23.7 Å². The van der Waals surface area contributed by atoms with Gasteiger partial charge in [-0.2, -0.15) is 0 Å². The molecule has 5 nitrogen and oxygen atoms in total. The van der Waals surface area contributed by atoms with Gasteiger partial charge in [0.2, 0.25) is 0 Å². The summed E-state index contributed by atoms with van der Waals surface area (Å²) in [5.41, 5.74) is 3.55. The van der Waals surface area contributed by atoms with Crippen LogP contribution in [0.4, 0.5) is 5.69 Å². The molecule has 0 atom stereocenters. The van der Waals surface area contributed by atoms with Crippen LogP contribution in [-0.4, -0.2) is 43.6 Å². The lowest BCUT2D eigenvalue weighted by molar-refractivity contribution is 0.461. The number of aryl methyl sites for hydroxylation is 1. The van der Waals surface area contributed by atoms with Crippen LogP contribution < -0.4 is 10.2 Å². The van der Waals surface area contributed by atoms with E-state index in [4.69, 9.17) is 11.6 Å².